The molecule has 0 saturated carbocycles. The van der Waals surface area contributed by atoms with E-state index >= 15 is 0 Å². The molecule has 0 atom stereocenters. The van der Waals surface area contributed by atoms with Gasteiger partial charge in [-0.2, -0.15) is 0 Å². The van der Waals surface area contributed by atoms with Gasteiger partial charge in [-0.1, -0.05) is 133 Å². The molecule has 0 saturated heterocycles. The van der Waals surface area contributed by atoms with Crippen LogP contribution in [0, 0.1) is 0 Å². The lowest BCUT2D eigenvalue weighted by molar-refractivity contribution is 1.21. The van der Waals surface area contributed by atoms with Crippen molar-refractivity contribution in [2.24, 2.45) is 0 Å². The van der Waals surface area contributed by atoms with Crippen molar-refractivity contribution in [2.75, 3.05) is 4.90 Å². The minimum atomic E-state index is 0.896. The third-order valence-electron chi connectivity index (χ3n) is 9.88. The highest BCUT2D eigenvalue weighted by atomic mass is 32.1. The Morgan fingerprint density at radius 3 is 1.78 bits per heavy atom. The van der Waals surface area contributed by atoms with Crippen LogP contribution in [0.2, 0.25) is 0 Å². The second-order valence-corrected chi connectivity index (χ2v) is 13.8. The maximum atomic E-state index is 5.27. The molecule has 0 aliphatic rings. The Balaban J connectivity index is 1.11. The van der Waals surface area contributed by atoms with E-state index in [-0.39, 0.29) is 0 Å². The Morgan fingerprint density at radius 2 is 1.00 bits per heavy atom. The molecule has 0 N–H and O–H groups in total. The number of nitrogens with zero attached hydrogens (tertiary/aromatic N) is 2. The van der Waals surface area contributed by atoms with Crippen LogP contribution in [0.4, 0.5) is 17.2 Å². The first-order valence-electron chi connectivity index (χ1n) is 17.0. The van der Waals surface area contributed by atoms with E-state index in [4.69, 9.17) is 4.98 Å². The minimum absolute atomic E-state index is 0.896. The lowest BCUT2D eigenvalue weighted by atomic mass is 9.91. The fourth-order valence-electron chi connectivity index (χ4n) is 7.47. The van der Waals surface area contributed by atoms with E-state index in [1.54, 1.807) is 11.3 Å². The summed E-state index contributed by atoms with van der Waals surface area (Å²) in [4.78, 5) is 8.58. The molecule has 50 heavy (non-hydrogen) atoms. The summed E-state index contributed by atoms with van der Waals surface area (Å²) in [6.45, 7) is 0. The summed E-state index contributed by atoms with van der Waals surface area (Å²) in [5.41, 5.74) is 6.94. The maximum Gasteiger partial charge on any atom is 0.139 e. The zero-order valence-corrected chi connectivity index (χ0v) is 27.9. The molecule has 10 rings (SSSR count). The smallest absolute Gasteiger partial charge is 0.139 e. The maximum absolute atomic E-state index is 5.27. The van der Waals surface area contributed by atoms with Gasteiger partial charge in [-0.05, 0) is 103 Å². The van der Waals surface area contributed by atoms with Crippen LogP contribution >= 0.6 is 11.3 Å². The van der Waals surface area contributed by atoms with Crippen LogP contribution in [-0.2, 0) is 0 Å². The number of hydrogen-bond donors (Lipinski definition) is 0. The van der Waals surface area contributed by atoms with Gasteiger partial charge < -0.3 is 0 Å². The van der Waals surface area contributed by atoms with Crippen LogP contribution in [0.15, 0.2) is 182 Å². The van der Waals surface area contributed by atoms with E-state index in [0.717, 1.165) is 22.0 Å². The molecule has 0 unspecified atom stereocenters. The topological polar surface area (TPSA) is 16.1 Å². The first-order valence-corrected chi connectivity index (χ1v) is 17.8. The van der Waals surface area contributed by atoms with Gasteiger partial charge in [-0.3, -0.25) is 4.90 Å². The second-order valence-electron chi connectivity index (χ2n) is 12.8. The van der Waals surface area contributed by atoms with Crippen molar-refractivity contribution in [2.45, 2.75) is 0 Å². The number of anilines is 3. The molecule has 0 spiro atoms. The molecule has 2 nitrogen and oxygen atoms in total. The molecule has 10 aromatic rings. The monoisotopic (exact) mass is 654 g/mol. The van der Waals surface area contributed by atoms with Gasteiger partial charge in [0.1, 0.15) is 10.6 Å². The zero-order valence-electron chi connectivity index (χ0n) is 27.1. The molecule has 0 aliphatic carbocycles. The third-order valence-corrected chi connectivity index (χ3v) is 11.0. The lowest BCUT2D eigenvalue weighted by Crippen LogP contribution is -2.11. The first-order chi connectivity index (χ1) is 24.8. The molecule has 0 radical (unpaired) electrons. The Hall–Kier alpha value is -6.29. The van der Waals surface area contributed by atoms with E-state index in [1.807, 2.05) is 0 Å². The van der Waals surface area contributed by atoms with Crippen molar-refractivity contribution in [1.82, 2.24) is 4.98 Å². The molecule has 3 heteroatoms. The molecular formula is C47H30N2S. The summed E-state index contributed by atoms with van der Waals surface area (Å²) in [6.07, 6.45) is 0. The van der Waals surface area contributed by atoms with Crippen LogP contribution in [0.3, 0.4) is 0 Å². The van der Waals surface area contributed by atoms with Gasteiger partial charge in [0, 0.05) is 26.8 Å². The molecular weight excluding hydrogens is 625 g/mol. The number of thiophene rings is 1. The fourth-order valence-corrected chi connectivity index (χ4v) is 8.54. The molecule has 2 aromatic heterocycles. The van der Waals surface area contributed by atoms with Crippen molar-refractivity contribution >= 4 is 81.1 Å². The summed E-state index contributed by atoms with van der Waals surface area (Å²) >= 11 is 1.75. The average molecular weight is 655 g/mol. The quantitative estimate of drug-likeness (QED) is 0.172. The van der Waals surface area contributed by atoms with E-state index in [2.05, 4.69) is 187 Å². The summed E-state index contributed by atoms with van der Waals surface area (Å²) in [5, 5.41) is 10.1. The highest BCUT2D eigenvalue weighted by Gasteiger charge is 2.18. The predicted molar refractivity (Wildman–Crippen MR) is 215 cm³/mol. The lowest BCUT2D eigenvalue weighted by Gasteiger charge is -2.25. The SMILES string of the molecule is c1ccc(-c2ccc(N(c3ccc(-c4cc5ccc6ccccc6c5c5ccccc45)cc3)c3ccc4c(n3)sc3ccccc34)cc2)cc1. The standard InChI is InChI=1S/C47H30N2S/c1-2-10-31(11-3-1)32-20-24-36(25-21-32)49(45-29-28-42-40-15-8-9-17-44(40)50-47(42)48-45)37-26-22-34(23-27-37)43-30-35-19-18-33-12-4-5-13-38(33)46(35)41-16-7-6-14-39(41)43/h1-30H. The molecule has 234 valence electrons. The van der Waals surface area contributed by atoms with Gasteiger partial charge in [0.05, 0.1) is 0 Å². The Bertz CT molecular complexity index is 2850. The Kier molecular flexibility index (Phi) is 6.71. The van der Waals surface area contributed by atoms with Gasteiger partial charge in [-0.15, -0.1) is 11.3 Å². The molecule has 0 bridgehead atoms. The first kappa shape index (κ1) is 28.7. The van der Waals surface area contributed by atoms with Crippen LogP contribution in [-0.4, -0.2) is 4.98 Å². The molecule has 2 heterocycles. The van der Waals surface area contributed by atoms with Gasteiger partial charge in [0.25, 0.3) is 0 Å². The van der Waals surface area contributed by atoms with E-state index in [9.17, 15) is 0 Å². The van der Waals surface area contributed by atoms with Crippen molar-refractivity contribution in [3.05, 3.63) is 182 Å². The third kappa shape index (κ3) is 4.74. The Labute approximate surface area is 294 Å². The van der Waals surface area contributed by atoms with Gasteiger partial charge >= 0.3 is 0 Å². The minimum Gasteiger partial charge on any atom is -0.295 e. The van der Waals surface area contributed by atoms with Gasteiger partial charge in [-0.25, -0.2) is 4.98 Å². The summed E-state index contributed by atoms with van der Waals surface area (Å²) in [5.74, 6) is 0.896. The number of benzene rings is 8. The van der Waals surface area contributed by atoms with Gasteiger partial charge in [0.15, 0.2) is 0 Å². The molecule has 0 aliphatic heterocycles. The van der Waals surface area contributed by atoms with Crippen molar-refractivity contribution in [1.29, 1.82) is 0 Å². The number of rotatable bonds is 5. The normalized spacial score (nSPS) is 11.6. The zero-order chi connectivity index (χ0) is 33.0. The van der Waals surface area contributed by atoms with E-state index in [0.29, 0.717) is 0 Å². The van der Waals surface area contributed by atoms with E-state index in [1.165, 1.54) is 70.0 Å². The summed E-state index contributed by atoms with van der Waals surface area (Å²) in [7, 11) is 0. The highest BCUT2D eigenvalue weighted by Crippen LogP contribution is 2.42. The Morgan fingerprint density at radius 1 is 0.400 bits per heavy atom. The number of pyridine rings is 1. The van der Waals surface area contributed by atoms with Crippen LogP contribution in [0.5, 0.6) is 0 Å². The largest absolute Gasteiger partial charge is 0.295 e. The predicted octanol–water partition coefficient (Wildman–Crippen LogP) is 13.7. The molecule has 8 aromatic carbocycles. The van der Waals surface area contributed by atoms with Crippen molar-refractivity contribution in [3.63, 3.8) is 0 Å². The van der Waals surface area contributed by atoms with Gasteiger partial charge in [0.2, 0.25) is 0 Å². The summed E-state index contributed by atoms with van der Waals surface area (Å²) in [6, 6.07) is 65.6. The van der Waals surface area contributed by atoms with E-state index < -0.39 is 0 Å². The molecule has 0 amide bonds. The molecule has 0 fully saturated rings. The highest BCUT2D eigenvalue weighted by molar-refractivity contribution is 7.25. The fraction of sp³-hybridized carbons (Fsp3) is 0. The van der Waals surface area contributed by atoms with Crippen LogP contribution in [0.25, 0.3) is 74.9 Å². The number of hydrogen-bond acceptors (Lipinski definition) is 3. The average Bonchev–Trinajstić information content (AvgIpc) is 3.56. The van der Waals surface area contributed by atoms with Crippen LogP contribution in [0.1, 0.15) is 0 Å². The van der Waals surface area contributed by atoms with Crippen molar-refractivity contribution < 1.29 is 0 Å². The number of fused-ring (bicyclic) bond motifs is 8. The second kappa shape index (κ2) is 11.7. The van der Waals surface area contributed by atoms with Crippen molar-refractivity contribution in [3.8, 4) is 22.3 Å². The number of aromatic nitrogens is 1. The summed E-state index contributed by atoms with van der Waals surface area (Å²) < 4.78 is 1.26. The van der Waals surface area contributed by atoms with Crippen LogP contribution < -0.4 is 4.90 Å².